The van der Waals surface area contributed by atoms with Crippen LogP contribution in [0.1, 0.15) is 52.4 Å². The minimum Gasteiger partial charge on any atom is -0.343 e. The van der Waals surface area contributed by atoms with E-state index in [1.54, 1.807) is 0 Å². The van der Waals surface area contributed by atoms with Crippen LogP contribution < -0.4 is 0 Å². The monoisotopic (exact) mass is 269 g/mol. The Hall–Kier alpha value is -0.240. The van der Waals surface area contributed by atoms with Gasteiger partial charge in [-0.05, 0) is 64.2 Å². The molecule has 0 saturated heterocycles. The summed E-state index contributed by atoms with van der Waals surface area (Å²) < 4.78 is 0. The van der Waals surface area contributed by atoms with Crippen molar-refractivity contribution in [1.29, 1.82) is 0 Å². The van der Waals surface area contributed by atoms with Crippen LogP contribution in [0.5, 0.6) is 0 Å². The molecule has 1 amide bonds. The van der Waals surface area contributed by atoms with Crippen LogP contribution in [0.3, 0.4) is 0 Å². The van der Waals surface area contributed by atoms with E-state index in [1.165, 1.54) is 6.42 Å². The van der Waals surface area contributed by atoms with Crippen molar-refractivity contribution >= 4 is 17.5 Å². The zero-order valence-electron chi connectivity index (χ0n) is 11.5. The second kappa shape index (κ2) is 4.13. The van der Waals surface area contributed by atoms with Crippen LogP contribution in [0.2, 0.25) is 0 Å². The molecule has 0 heterocycles. The van der Waals surface area contributed by atoms with Crippen LogP contribution in [0, 0.1) is 17.3 Å². The lowest BCUT2D eigenvalue weighted by Crippen LogP contribution is -2.59. The van der Waals surface area contributed by atoms with E-state index in [9.17, 15) is 4.79 Å². The number of hydrogen-bond donors (Lipinski definition) is 0. The smallest absolute Gasteiger partial charge is 0.228 e. The van der Waals surface area contributed by atoms with Crippen molar-refractivity contribution in [3.05, 3.63) is 0 Å². The molecule has 0 aromatic carbocycles. The first kappa shape index (κ1) is 12.8. The van der Waals surface area contributed by atoms with Crippen LogP contribution in [0.25, 0.3) is 0 Å². The third-order valence-corrected chi connectivity index (χ3v) is 5.94. The first-order chi connectivity index (χ1) is 8.50. The van der Waals surface area contributed by atoms with E-state index in [0.29, 0.717) is 17.7 Å². The minimum absolute atomic E-state index is 0.0487. The van der Waals surface area contributed by atoms with Gasteiger partial charge in [0.05, 0.1) is 5.41 Å². The highest BCUT2D eigenvalue weighted by atomic mass is 35.5. The molecule has 0 aromatic heterocycles. The Morgan fingerprint density at radius 1 is 1.17 bits per heavy atom. The minimum atomic E-state index is -0.0994. The fraction of sp³-hybridized carbons (Fsp3) is 0.933. The van der Waals surface area contributed by atoms with Gasteiger partial charge < -0.3 is 4.90 Å². The van der Waals surface area contributed by atoms with E-state index in [2.05, 4.69) is 13.8 Å². The largest absolute Gasteiger partial charge is 0.343 e. The maximum atomic E-state index is 12.9. The summed E-state index contributed by atoms with van der Waals surface area (Å²) in [6.07, 6.45) is 6.77. The van der Waals surface area contributed by atoms with Crippen LogP contribution >= 0.6 is 11.6 Å². The number of hydrogen-bond acceptors (Lipinski definition) is 1. The number of carbonyl (C=O) groups is 1. The van der Waals surface area contributed by atoms with Crippen molar-refractivity contribution in [3.63, 3.8) is 0 Å². The maximum absolute atomic E-state index is 12.9. The molecule has 4 bridgehead atoms. The molecule has 2 nitrogen and oxygen atoms in total. The molecule has 4 rings (SSSR count). The molecular formula is C15H24ClNO. The Balaban J connectivity index is 1.89. The van der Waals surface area contributed by atoms with E-state index in [4.69, 9.17) is 11.6 Å². The van der Waals surface area contributed by atoms with Crippen molar-refractivity contribution in [2.45, 2.75) is 57.2 Å². The number of halogens is 1. The molecule has 2 unspecified atom stereocenters. The Kier molecular flexibility index (Phi) is 2.93. The van der Waals surface area contributed by atoms with Crippen molar-refractivity contribution < 1.29 is 4.79 Å². The third kappa shape index (κ3) is 1.79. The highest BCUT2D eigenvalue weighted by Gasteiger charge is 2.60. The fourth-order valence-electron chi connectivity index (χ4n) is 5.25. The van der Waals surface area contributed by atoms with E-state index in [1.807, 2.05) is 4.90 Å². The van der Waals surface area contributed by atoms with E-state index in [0.717, 1.165) is 45.2 Å². The molecule has 0 aromatic rings. The number of rotatable bonds is 3. The molecule has 3 heteroatoms. The lowest BCUT2D eigenvalue weighted by Gasteiger charge is -2.59. The Bertz CT molecular complexity index is 350. The fourth-order valence-corrected chi connectivity index (χ4v) is 5.94. The predicted molar refractivity (Wildman–Crippen MR) is 73.6 cm³/mol. The first-order valence-corrected chi connectivity index (χ1v) is 7.86. The highest BCUT2D eigenvalue weighted by Crippen LogP contribution is 2.64. The summed E-state index contributed by atoms with van der Waals surface area (Å²) in [6.45, 7) is 5.83. The number of nitrogens with zero attached hydrogens (tertiary/aromatic N) is 1. The van der Waals surface area contributed by atoms with Gasteiger partial charge in [0.25, 0.3) is 0 Å². The van der Waals surface area contributed by atoms with Gasteiger partial charge >= 0.3 is 0 Å². The molecule has 0 spiro atoms. The summed E-state index contributed by atoms with van der Waals surface area (Å²) in [5, 5.41) is 0. The molecular weight excluding hydrogens is 246 g/mol. The molecule has 4 aliphatic rings. The topological polar surface area (TPSA) is 20.3 Å². The van der Waals surface area contributed by atoms with Crippen LogP contribution in [-0.4, -0.2) is 28.8 Å². The molecule has 0 N–H and O–H groups in total. The second-order valence-corrected chi connectivity index (χ2v) is 7.67. The second-order valence-electron chi connectivity index (χ2n) is 6.87. The maximum Gasteiger partial charge on any atom is 0.228 e. The van der Waals surface area contributed by atoms with E-state index >= 15 is 0 Å². The molecule has 0 radical (unpaired) electrons. The van der Waals surface area contributed by atoms with Gasteiger partial charge in [0, 0.05) is 18.0 Å². The average molecular weight is 270 g/mol. The van der Waals surface area contributed by atoms with Gasteiger partial charge in [-0.3, -0.25) is 4.79 Å². The Morgan fingerprint density at radius 2 is 1.72 bits per heavy atom. The predicted octanol–water partition coefficient (Wildman–Crippen LogP) is 3.43. The third-order valence-electron chi connectivity index (χ3n) is 5.49. The summed E-state index contributed by atoms with van der Waals surface area (Å²) in [4.78, 5) is 14.8. The number of amides is 1. The lowest BCUT2D eigenvalue weighted by atomic mass is 9.49. The molecule has 4 fully saturated rings. The van der Waals surface area contributed by atoms with Crippen LogP contribution in [0.15, 0.2) is 0 Å². The van der Waals surface area contributed by atoms with Gasteiger partial charge in [0.2, 0.25) is 5.91 Å². The van der Waals surface area contributed by atoms with Crippen LogP contribution in [-0.2, 0) is 4.79 Å². The lowest BCUT2D eigenvalue weighted by molar-refractivity contribution is -0.155. The van der Waals surface area contributed by atoms with Gasteiger partial charge in [0.15, 0.2) is 0 Å². The standard InChI is InChI=1S/C15H24ClNO/c1-3-17(4-2)13(18)14-6-11-5-12(7-14)9-15(16,8-11)10-14/h11-12H,3-10H2,1-2H3/t11-,12+,14?,15?. The first-order valence-electron chi connectivity index (χ1n) is 7.48. The van der Waals surface area contributed by atoms with Crippen LogP contribution in [0.4, 0.5) is 0 Å². The molecule has 4 atom stereocenters. The summed E-state index contributed by atoms with van der Waals surface area (Å²) >= 11 is 6.78. The normalized spacial score (nSPS) is 45.3. The average Bonchev–Trinajstić information content (AvgIpc) is 2.27. The van der Waals surface area contributed by atoms with Gasteiger partial charge in [-0.2, -0.15) is 0 Å². The Labute approximate surface area is 115 Å². The van der Waals surface area contributed by atoms with Gasteiger partial charge in [-0.1, -0.05) is 0 Å². The summed E-state index contributed by atoms with van der Waals surface area (Å²) in [6, 6.07) is 0. The number of carbonyl (C=O) groups excluding carboxylic acids is 1. The molecule has 0 aliphatic heterocycles. The van der Waals surface area contributed by atoms with Gasteiger partial charge in [0.1, 0.15) is 0 Å². The van der Waals surface area contributed by atoms with Crippen molar-refractivity contribution in [3.8, 4) is 0 Å². The number of alkyl halides is 1. The Morgan fingerprint density at radius 3 is 2.17 bits per heavy atom. The summed E-state index contributed by atoms with van der Waals surface area (Å²) in [5.41, 5.74) is -0.0994. The SMILES string of the molecule is CCN(CC)C(=O)C12C[C@@H]3C[C@@H](CC(Cl)(C3)C1)C2. The summed E-state index contributed by atoms with van der Waals surface area (Å²) in [7, 11) is 0. The summed E-state index contributed by atoms with van der Waals surface area (Å²) in [5.74, 6) is 1.82. The highest BCUT2D eigenvalue weighted by molar-refractivity contribution is 6.24. The quantitative estimate of drug-likeness (QED) is 0.719. The molecule has 4 saturated carbocycles. The van der Waals surface area contributed by atoms with Crippen molar-refractivity contribution in [2.24, 2.45) is 17.3 Å². The molecule has 102 valence electrons. The van der Waals surface area contributed by atoms with Gasteiger partial charge in [-0.15, -0.1) is 11.6 Å². The molecule has 18 heavy (non-hydrogen) atoms. The van der Waals surface area contributed by atoms with E-state index < -0.39 is 0 Å². The molecule has 4 aliphatic carbocycles. The van der Waals surface area contributed by atoms with Gasteiger partial charge in [-0.25, -0.2) is 0 Å². The van der Waals surface area contributed by atoms with E-state index in [-0.39, 0.29) is 10.3 Å². The van der Waals surface area contributed by atoms with Crippen molar-refractivity contribution in [1.82, 2.24) is 4.90 Å². The zero-order valence-corrected chi connectivity index (χ0v) is 12.3. The zero-order chi connectivity index (χ0) is 13.0. The van der Waals surface area contributed by atoms with Crippen molar-refractivity contribution in [2.75, 3.05) is 13.1 Å².